The van der Waals surface area contributed by atoms with Gasteiger partial charge in [0.05, 0.1) is 19.8 Å². The predicted octanol–water partition coefficient (Wildman–Crippen LogP) is 4.19. The average molecular weight is 487 g/mol. The Kier molecular flexibility index (Phi) is 8.40. The minimum atomic E-state index is -0.187. The van der Waals surface area contributed by atoms with Crippen molar-refractivity contribution in [3.63, 3.8) is 0 Å². The lowest BCUT2D eigenvalue weighted by Crippen LogP contribution is -2.47. The van der Waals surface area contributed by atoms with E-state index in [0.29, 0.717) is 29.0 Å². The smallest absolute Gasteiger partial charge is 0.271 e. The Labute approximate surface area is 206 Å². The molecule has 0 atom stereocenters. The summed E-state index contributed by atoms with van der Waals surface area (Å²) in [6, 6.07) is 8.07. The number of carbonyl (C=O) groups is 2. The van der Waals surface area contributed by atoms with Gasteiger partial charge in [-0.25, -0.2) is 4.98 Å². The minimum Gasteiger partial charge on any atom is -0.379 e. The Morgan fingerprint density at radius 1 is 1.18 bits per heavy atom. The van der Waals surface area contributed by atoms with Gasteiger partial charge in [0.25, 0.3) is 5.91 Å². The van der Waals surface area contributed by atoms with E-state index in [1.165, 1.54) is 0 Å². The monoisotopic (exact) mass is 486 g/mol. The summed E-state index contributed by atoms with van der Waals surface area (Å²) in [5, 5.41) is 3.77. The molecule has 184 valence electrons. The Bertz CT molecular complexity index is 992. The van der Waals surface area contributed by atoms with Crippen molar-refractivity contribution >= 4 is 23.3 Å². The molecule has 2 aromatic rings. The number of halogens is 1. The number of ether oxygens (including phenoxy) is 1. The van der Waals surface area contributed by atoms with Crippen LogP contribution in [-0.4, -0.2) is 64.5 Å². The summed E-state index contributed by atoms with van der Waals surface area (Å²) >= 11 is 6.19. The maximum atomic E-state index is 13.1. The highest BCUT2D eigenvalue weighted by molar-refractivity contribution is 6.30. The summed E-state index contributed by atoms with van der Waals surface area (Å²) in [6.45, 7) is 7.86. The van der Waals surface area contributed by atoms with E-state index in [1.54, 1.807) is 16.8 Å². The molecule has 0 bridgehead atoms. The first-order valence-corrected chi connectivity index (χ1v) is 12.7. The molecular weight excluding hydrogens is 452 g/mol. The van der Waals surface area contributed by atoms with Gasteiger partial charge in [-0.3, -0.25) is 14.5 Å². The molecule has 1 aromatic heterocycles. The van der Waals surface area contributed by atoms with E-state index < -0.39 is 0 Å². The molecular formula is C26H35ClN4O3. The zero-order valence-electron chi connectivity index (χ0n) is 20.1. The Morgan fingerprint density at radius 3 is 2.59 bits per heavy atom. The number of hydrogen-bond donors (Lipinski definition) is 1. The number of aromatic nitrogens is 2. The molecule has 1 saturated carbocycles. The lowest BCUT2D eigenvalue weighted by atomic mass is 9.90. The van der Waals surface area contributed by atoms with Gasteiger partial charge in [-0.05, 0) is 43.7 Å². The van der Waals surface area contributed by atoms with Crippen LogP contribution in [0.4, 0.5) is 0 Å². The zero-order chi connectivity index (χ0) is 24.1. The van der Waals surface area contributed by atoms with Crippen molar-refractivity contribution in [1.29, 1.82) is 0 Å². The molecule has 1 saturated heterocycles. The SMILES string of the molecule is CC(C)CC(=O)Cn1cc(C(=O)NC2CCC(N3CCOCC3)CC2)nc1-c1cccc(Cl)c1. The largest absolute Gasteiger partial charge is 0.379 e. The van der Waals surface area contributed by atoms with Crippen molar-refractivity contribution in [3.8, 4) is 11.4 Å². The van der Waals surface area contributed by atoms with Crippen LogP contribution >= 0.6 is 11.6 Å². The van der Waals surface area contributed by atoms with E-state index in [4.69, 9.17) is 16.3 Å². The first-order chi connectivity index (χ1) is 16.4. The van der Waals surface area contributed by atoms with Crippen LogP contribution in [0.15, 0.2) is 30.5 Å². The van der Waals surface area contributed by atoms with Crippen molar-refractivity contribution in [3.05, 3.63) is 41.2 Å². The predicted molar refractivity (Wildman–Crippen MR) is 133 cm³/mol. The summed E-state index contributed by atoms with van der Waals surface area (Å²) in [7, 11) is 0. The number of benzene rings is 1. The fourth-order valence-corrected chi connectivity index (χ4v) is 5.19. The summed E-state index contributed by atoms with van der Waals surface area (Å²) in [4.78, 5) is 32.8. The van der Waals surface area contributed by atoms with Gasteiger partial charge in [0.2, 0.25) is 0 Å². The Hall–Kier alpha value is -2.22. The molecule has 7 nitrogen and oxygen atoms in total. The van der Waals surface area contributed by atoms with Gasteiger partial charge in [0, 0.05) is 48.4 Å². The number of carbonyl (C=O) groups excluding carboxylic acids is 2. The van der Waals surface area contributed by atoms with Crippen LogP contribution in [0.25, 0.3) is 11.4 Å². The molecule has 1 aromatic carbocycles. The second-order valence-corrected chi connectivity index (χ2v) is 10.3. The fourth-order valence-electron chi connectivity index (χ4n) is 5.00. The van der Waals surface area contributed by atoms with Gasteiger partial charge < -0.3 is 14.6 Å². The van der Waals surface area contributed by atoms with Gasteiger partial charge in [0.1, 0.15) is 11.5 Å². The van der Waals surface area contributed by atoms with E-state index in [1.807, 2.05) is 32.0 Å². The van der Waals surface area contributed by atoms with Crippen LogP contribution in [0.1, 0.15) is 56.4 Å². The van der Waals surface area contributed by atoms with Gasteiger partial charge in [0.15, 0.2) is 5.78 Å². The number of imidazole rings is 1. The summed E-state index contributed by atoms with van der Waals surface area (Å²) in [6.07, 6.45) is 6.27. The summed E-state index contributed by atoms with van der Waals surface area (Å²) < 4.78 is 7.25. The highest BCUT2D eigenvalue weighted by Crippen LogP contribution is 2.26. The van der Waals surface area contributed by atoms with Gasteiger partial charge in [-0.15, -0.1) is 0 Å². The number of nitrogens with zero attached hydrogens (tertiary/aromatic N) is 3. The minimum absolute atomic E-state index is 0.115. The Morgan fingerprint density at radius 2 is 1.91 bits per heavy atom. The van der Waals surface area contributed by atoms with Crippen molar-refractivity contribution in [2.24, 2.45) is 5.92 Å². The Balaban J connectivity index is 1.44. The van der Waals surface area contributed by atoms with Gasteiger partial charge in [-0.2, -0.15) is 0 Å². The van der Waals surface area contributed by atoms with Gasteiger partial charge in [-0.1, -0.05) is 37.6 Å². The van der Waals surface area contributed by atoms with E-state index >= 15 is 0 Å². The molecule has 34 heavy (non-hydrogen) atoms. The molecule has 1 N–H and O–H groups in total. The molecule has 1 aliphatic heterocycles. The molecule has 0 spiro atoms. The quantitative estimate of drug-likeness (QED) is 0.605. The number of Topliss-reactive ketones (excluding diaryl/α,β-unsaturated/α-hetero) is 1. The van der Waals surface area contributed by atoms with Crippen molar-refractivity contribution in [2.75, 3.05) is 26.3 Å². The van der Waals surface area contributed by atoms with Gasteiger partial charge >= 0.3 is 0 Å². The molecule has 4 rings (SSSR count). The van der Waals surface area contributed by atoms with Crippen molar-refractivity contribution in [2.45, 2.75) is 64.6 Å². The van der Waals surface area contributed by atoms with Crippen LogP contribution in [0, 0.1) is 5.92 Å². The molecule has 2 heterocycles. The zero-order valence-corrected chi connectivity index (χ0v) is 20.9. The number of amides is 1. The second-order valence-electron chi connectivity index (χ2n) is 9.85. The van der Waals surface area contributed by atoms with E-state index in [0.717, 1.165) is 57.6 Å². The number of hydrogen-bond acceptors (Lipinski definition) is 5. The number of nitrogens with one attached hydrogen (secondary N) is 1. The third-order valence-corrected chi connectivity index (χ3v) is 6.90. The topological polar surface area (TPSA) is 76.5 Å². The molecule has 1 aliphatic carbocycles. The normalized spacial score (nSPS) is 21.5. The maximum Gasteiger partial charge on any atom is 0.271 e. The van der Waals surface area contributed by atoms with E-state index in [-0.39, 0.29) is 30.2 Å². The molecule has 0 unspecified atom stereocenters. The average Bonchev–Trinajstić information content (AvgIpc) is 3.23. The lowest BCUT2D eigenvalue weighted by Gasteiger charge is -2.38. The highest BCUT2D eigenvalue weighted by Gasteiger charge is 2.28. The first kappa shape index (κ1) is 24.9. The lowest BCUT2D eigenvalue weighted by molar-refractivity contribution is -0.120. The van der Waals surface area contributed by atoms with E-state index in [9.17, 15) is 9.59 Å². The number of morpholine rings is 1. The second kappa shape index (κ2) is 11.5. The number of rotatable bonds is 8. The molecule has 1 amide bonds. The van der Waals surface area contributed by atoms with Crippen molar-refractivity contribution in [1.82, 2.24) is 19.8 Å². The third-order valence-electron chi connectivity index (χ3n) is 6.67. The third kappa shape index (κ3) is 6.46. The van der Waals surface area contributed by atoms with E-state index in [2.05, 4.69) is 15.2 Å². The molecule has 2 aliphatic rings. The summed E-state index contributed by atoms with van der Waals surface area (Å²) in [5.41, 5.74) is 1.12. The van der Waals surface area contributed by atoms with Crippen LogP contribution in [0.2, 0.25) is 5.02 Å². The standard InChI is InChI=1S/C26H35ClN4O3/c1-18(2)14-23(32)16-31-17-24(29-25(31)19-4-3-5-20(27)15-19)26(33)28-21-6-8-22(9-7-21)30-10-12-34-13-11-30/h3-5,15,17-18,21-22H,6-14,16H2,1-2H3,(H,28,33). The molecule has 2 fully saturated rings. The first-order valence-electron chi connectivity index (χ1n) is 12.4. The summed E-state index contributed by atoms with van der Waals surface area (Å²) in [5.74, 6) is 0.791. The van der Waals surface area contributed by atoms with Crippen LogP contribution in [0.5, 0.6) is 0 Å². The molecule has 8 heteroatoms. The van der Waals surface area contributed by atoms with Crippen LogP contribution in [-0.2, 0) is 16.1 Å². The highest BCUT2D eigenvalue weighted by atomic mass is 35.5. The molecule has 0 radical (unpaired) electrons. The maximum absolute atomic E-state index is 13.1. The van der Waals surface area contributed by atoms with Crippen LogP contribution in [0.3, 0.4) is 0 Å². The van der Waals surface area contributed by atoms with Crippen LogP contribution < -0.4 is 5.32 Å². The number of ketones is 1. The fraction of sp³-hybridized carbons (Fsp3) is 0.577. The van der Waals surface area contributed by atoms with Crippen molar-refractivity contribution < 1.29 is 14.3 Å².